The molecule has 0 rings (SSSR count). The molecule has 0 amide bonds. The van der Waals surface area contributed by atoms with Gasteiger partial charge in [0.1, 0.15) is 0 Å². The van der Waals surface area contributed by atoms with Gasteiger partial charge in [-0.2, -0.15) is 0 Å². The van der Waals surface area contributed by atoms with E-state index < -0.39 is 0 Å². The van der Waals surface area contributed by atoms with E-state index in [1.165, 1.54) is 0 Å². The van der Waals surface area contributed by atoms with E-state index in [0.29, 0.717) is 6.61 Å². The van der Waals surface area contributed by atoms with Crippen molar-refractivity contribution in [1.82, 2.24) is 0 Å². The Kier molecular flexibility index (Phi) is 9.42. The van der Waals surface area contributed by atoms with Gasteiger partial charge in [0.2, 0.25) is 0 Å². The number of nitrogens with two attached hydrogens (primary N) is 1. The number of hydrogen-bond donors (Lipinski definition) is 1. The largest absolute Gasteiger partial charge is 0.383 e. The van der Waals surface area contributed by atoms with E-state index in [1.54, 1.807) is 13.2 Å². The molecule has 0 fully saturated rings. The van der Waals surface area contributed by atoms with Crippen molar-refractivity contribution in [3.8, 4) is 0 Å². The molecule has 8 heavy (non-hydrogen) atoms. The normalized spacial score (nSPS) is 11.8. The van der Waals surface area contributed by atoms with Crippen LogP contribution in [0.1, 0.15) is 0 Å². The van der Waals surface area contributed by atoms with Crippen LogP contribution in [0.5, 0.6) is 0 Å². The zero-order valence-corrected chi connectivity index (χ0v) is 5.78. The van der Waals surface area contributed by atoms with Gasteiger partial charge in [0.15, 0.2) is 0 Å². The summed E-state index contributed by atoms with van der Waals surface area (Å²) < 4.78 is 4.70. The van der Waals surface area contributed by atoms with Crippen LogP contribution in [0.15, 0.2) is 12.7 Å². The van der Waals surface area contributed by atoms with Crippen molar-refractivity contribution in [3.05, 3.63) is 12.7 Å². The smallest absolute Gasteiger partial charge is 0.0649 e. The van der Waals surface area contributed by atoms with Gasteiger partial charge in [0.25, 0.3) is 0 Å². The van der Waals surface area contributed by atoms with Gasteiger partial charge in [-0.05, 0) is 0 Å². The van der Waals surface area contributed by atoms with E-state index >= 15 is 0 Å². The van der Waals surface area contributed by atoms with E-state index in [9.17, 15) is 0 Å². The van der Waals surface area contributed by atoms with E-state index in [0.717, 1.165) is 0 Å². The number of halogens is 1. The minimum Gasteiger partial charge on any atom is -0.383 e. The Balaban J connectivity index is 0. The average Bonchev–Trinajstić information content (AvgIpc) is 1.68. The minimum absolute atomic E-state index is 0. The minimum atomic E-state index is -0.00926. The predicted octanol–water partition coefficient (Wildman–Crippen LogP) is 0.568. The molecule has 0 radical (unpaired) electrons. The third-order valence-electron chi connectivity index (χ3n) is 0.662. The topological polar surface area (TPSA) is 35.2 Å². The van der Waals surface area contributed by atoms with Crippen molar-refractivity contribution in [2.24, 2.45) is 5.73 Å². The summed E-state index contributed by atoms with van der Waals surface area (Å²) in [6.07, 6.45) is 1.66. The first-order valence-corrected chi connectivity index (χ1v) is 2.18. The van der Waals surface area contributed by atoms with Gasteiger partial charge in [-0.15, -0.1) is 19.0 Å². The highest BCUT2D eigenvalue weighted by atomic mass is 35.5. The van der Waals surface area contributed by atoms with Crippen LogP contribution in [0.3, 0.4) is 0 Å². The quantitative estimate of drug-likeness (QED) is 0.578. The second kappa shape index (κ2) is 6.95. The molecular weight excluding hydrogens is 126 g/mol. The van der Waals surface area contributed by atoms with Crippen LogP contribution < -0.4 is 5.73 Å². The van der Waals surface area contributed by atoms with Crippen LogP contribution in [0, 0.1) is 0 Å². The number of ether oxygens (including phenoxy) is 1. The summed E-state index contributed by atoms with van der Waals surface area (Å²) in [6.45, 7) is 4.03. The van der Waals surface area contributed by atoms with E-state index in [-0.39, 0.29) is 18.4 Å². The lowest BCUT2D eigenvalue weighted by Gasteiger charge is -2.00. The van der Waals surface area contributed by atoms with Crippen LogP contribution in [0.4, 0.5) is 0 Å². The van der Waals surface area contributed by atoms with Crippen molar-refractivity contribution in [1.29, 1.82) is 0 Å². The third kappa shape index (κ3) is 5.95. The molecule has 0 aromatic heterocycles. The van der Waals surface area contributed by atoms with E-state index in [2.05, 4.69) is 6.58 Å². The van der Waals surface area contributed by atoms with Crippen molar-refractivity contribution in [2.75, 3.05) is 13.7 Å². The molecule has 3 heteroatoms. The van der Waals surface area contributed by atoms with Gasteiger partial charge >= 0.3 is 0 Å². The van der Waals surface area contributed by atoms with Crippen LogP contribution in [0.2, 0.25) is 0 Å². The van der Waals surface area contributed by atoms with Gasteiger partial charge < -0.3 is 10.5 Å². The van der Waals surface area contributed by atoms with Gasteiger partial charge in [-0.1, -0.05) is 6.08 Å². The van der Waals surface area contributed by atoms with Gasteiger partial charge in [0.05, 0.1) is 6.61 Å². The zero-order valence-electron chi connectivity index (χ0n) is 4.96. The highest BCUT2D eigenvalue weighted by Crippen LogP contribution is 1.76. The molecule has 0 aromatic carbocycles. The molecule has 0 aliphatic carbocycles. The van der Waals surface area contributed by atoms with E-state index in [1.807, 2.05) is 0 Å². The highest BCUT2D eigenvalue weighted by molar-refractivity contribution is 5.85. The first-order chi connectivity index (χ1) is 3.31. The lowest BCUT2D eigenvalue weighted by molar-refractivity contribution is 0.192. The summed E-state index contributed by atoms with van der Waals surface area (Å²) in [7, 11) is 1.61. The Hall–Kier alpha value is -0.0500. The maximum Gasteiger partial charge on any atom is 0.0649 e. The van der Waals surface area contributed by atoms with Crippen LogP contribution in [-0.4, -0.2) is 19.8 Å². The average molecular weight is 138 g/mol. The molecule has 0 spiro atoms. The summed E-state index contributed by atoms with van der Waals surface area (Å²) >= 11 is 0. The summed E-state index contributed by atoms with van der Waals surface area (Å²) in [5.74, 6) is 0. The summed E-state index contributed by atoms with van der Waals surface area (Å²) in [4.78, 5) is 0. The van der Waals surface area contributed by atoms with Crippen molar-refractivity contribution in [3.63, 3.8) is 0 Å². The third-order valence-corrected chi connectivity index (χ3v) is 0.662. The van der Waals surface area contributed by atoms with Crippen molar-refractivity contribution >= 4 is 12.4 Å². The Labute approximate surface area is 56.1 Å². The molecule has 0 aromatic rings. The van der Waals surface area contributed by atoms with Crippen LogP contribution >= 0.6 is 12.4 Å². The molecule has 50 valence electrons. The summed E-state index contributed by atoms with van der Waals surface area (Å²) in [6, 6.07) is -0.00926. The van der Waals surface area contributed by atoms with Crippen LogP contribution in [-0.2, 0) is 4.74 Å². The molecule has 2 nitrogen and oxygen atoms in total. The van der Waals surface area contributed by atoms with Crippen LogP contribution in [0.25, 0.3) is 0 Å². The molecule has 0 saturated carbocycles. The van der Waals surface area contributed by atoms with Gasteiger partial charge in [0, 0.05) is 13.2 Å². The van der Waals surface area contributed by atoms with Crippen molar-refractivity contribution in [2.45, 2.75) is 6.04 Å². The SMILES string of the molecule is C=CC(N)COC.Cl. The van der Waals surface area contributed by atoms with Crippen molar-refractivity contribution < 1.29 is 4.74 Å². The maximum atomic E-state index is 5.34. The molecule has 1 atom stereocenters. The van der Waals surface area contributed by atoms with E-state index in [4.69, 9.17) is 10.5 Å². The molecule has 2 N–H and O–H groups in total. The number of rotatable bonds is 3. The second-order valence-corrected chi connectivity index (χ2v) is 1.35. The fourth-order valence-corrected chi connectivity index (χ4v) is 0.260. The molecule has 0 aliphatic rings. The Morgan fingerprint density at radius 2 is 2.38 bits per heavy atom. The lowest BCUT2D eigenvalue weighted by Crippen LogP contribution is -2.21. The molecule has 0 bridgehead atoms. The van der Waals surface area contributed by atoms with Gasteiger partial charge in [-0.3, -0.25) is 0 Å². The van der Waals surface area contributed by atoms with Gasteiger partial charge in [-0.25, -0.2) is 0 Å². The first-order valence-electron chi connectivity index (χ1n) is 2.18. The maximum absolute atomic E-state index is 5.34. The predicted molar refractivity (Wildman–Crippen MR) is 37.3 cm³/mol. The molecule has 0 saturated heterocycles. The molecule has 0 heterocycles. The lowest BCUT2D eigenvalue weighted by atomic mass is 10.3. The molecular formula is C5H12ClNO. The fraction of sp³-hybridized carbons (Fsp3) is 0.600. The second-order valence-electron chi connectivity index (χ2n) is 1.35. The highest BCUT2D eigenvalue weighted by Gasteiger charge is 1.89. The molecule has 0 aliphatic heterocycles. The molecule has 1 unspecified atom stereocenters. The zero-order chi connectivity index (χ0) is 5.70. The number of hydrogen-bond acceptors (Lipinski definition) is 2. The number of methoxy groups -OCH3 is 1. The Morgan fingerprint density at radius 1 is 1.88 bits per heavy atom. The Bertz CT molecular complexity index is 58.4. The standard InChI is InChI=1S/C5H11NO.ClH/c1-3-5(6)4-7-2;/h3,5H,1,4,6H2,2H3;1H. The fourth-order valence-electron chi connectivity index (χ4n) is 0.260. The summed E-state index contributed by atoms with van der Waals surface area (Å²) in [5, 5.41) is 0. The summed E-state index contributed by atoms with van der Waals surface area (Å²) in [5.41, 5.74) is 5.34. The first kappa shape index (κ1) is 10.8. The Morgan fingerprint density at radius 3 is 2.50 bits per heavy atom. The monoisotopic (exact) mass is 137 g/mol.